The average molecular weight is 308 g/mol. The first-order valence-electron chi connectivity index (χ1n) is 5.85. The lowest BCUT2D eigenvalue weighted by Crippen LogP contribution is -2.02. The lowest BCUT2D eigenvalue weighted by atomic mass is 10.1. The molecule has 21 heavy (non-hydrogen) atoms. The minimum atomic E-state index is -0.608. The fraction of sp³-hybridized carbons (Fsp3) is 0. The van der Waals surface area contributed by atoms with Crippen LogP contribution < -0.4 is 5.73 Å². The van der Waals surface area contributed by atoms with Gasteiger partial charge in [0.1, 0.15) is 11.6 Å². The van der Waals surface area contributed by atoms with Crippen LogP contribution in [0.25, 0.3) is 17.1 Å². The Hall–Kier alpha value is -2.54. The van der Waals surface area contributed by atoms with Crippen LogP contribution in [0.3, 0.4) is 0 Å². The molecule has 3 rings (SSSR count). The van der Waals surface area contributed by atoms with Crippen molar-refractivity contribution in [3.63, 3.8) is 0 Å². The number of nitrogens with two attached hydrogens (primary N) is 1. The molecule has 5 nitrogen and oxygen atoms in total. The van der Waals surface area contributed by atoms with Gasteiger partial charge in [0.2, 0.25) is 0 Å². The average Bonchev–Trinajstić information content (AvgIpc) is 2.93. The third-order valence-electron chi connectivity index (χ3n) is 2.87. The number of aromatic nitrogens is 4. The molecule has 106 valence electrons. The van der Waals surface area contributed by atoms with Crippen LogP contribution in [0.15, 0.2) is 36.4 Å². The van der Waals surface area contributed by atoms with Gasteiger partial charge in [0, 0.05) is 17.3 Å². The first kappa shape index (κ1) is 13.4. The maximum atomic E-state index is 13.6. The van der Waals surface area contributed by atoms with E-state index in [0.717, 1.165) is 0 Å². The van der Waals surface area contributed by atoms with E-state index in [1.807, 2.05) is 0 Å². The monoisotopic (exact) mass is 307 g/mol. The van der Waals surface area contributed by atoms with Crippen LogP contribution in [0.2, 0.25) is 5.02 Å². The first-order valence-corrected chi connectivity index (χ1v) is 6.23. The summed E-state index contributed by atoms with van der Waals surface area (Å²) in [7, 11) is 0. The quantitative estimate of drug-likeness (QED) is 0.739. The summed E-state index contributed by atoms with van der Waals surface area (Å²) in [5, 5.41) is 11.1. The fourth-order valence-electron chi connectivity index (χ4n) is 1.87. The predicted octanol–water partition coefficient (Wildman–Crippen LogP) is 2.84. The summed E-state index contributed by atoms with van der Waals surface area (Å²) in [6, 6.07) is 7.95. The second-order valence-electron chi connectivity index (χ2n) is 4.24. The molecule has 8 heteroatoms. The van der Waals surface area contributed by atoms with Crippen LogP contribution in [0.1, 0.15) is 0 Å². The number of anilines is 1. The smallest absolute Gasteiger partial charge is 0.189 e. The molecule has 1 heterocycles. The van der Waals surface area contributed by atoms with Crippen LogP contribution in [-0.4, -0.2) is 20.2 Å². The van der Waals surface area contributed by atoms with Crippen molar-refractivity contribution in [3.8, 4) is 17.1 Å². The van der Waals surface area contributed by atoms with E-state index >= 15 is 0 Å². The molecule has 0 saturated heterocycles. The number of tetrazole rings is 1. The standard InChI is InChI=1S/C13H8ClF2N5/c14-10-3-2-8(6-11(10)16)21-13(18-19-20-21)9-5-7(15)1-4-12(9)17/h1-6H,17H2. The largest absolute Gasteiger partial charge is 0.398 e. The summed E-state index contributed by atoms with van der Waals surface area (Å²) in [5.74, 6) is -0.882. The lowest BCUT2D eigenvalue weighted by molar-refractivity contribution is 0.624. The van der Waals surface area contributed by atoms with Crippen LogP contribution in [0.4, 0.5) is 14.5 Å². The molecule has 0 bridgehead atoms. The Labute approximate surface area is 123 Å². The number of halogens is 3. The minimum absolute atomic E-state index is 0.0151. The second-order valence-corrected chi connectivity index (χ2v) is 4.65. The van der Waals surface area contributed by atoms with E-state index in [-0.39, 0.29) is 10.8 Å². The Kier molecular flexibility index (Phi) is 3.26. The second kappa shape index (κ2) is 5.10. The summed E-state index contributed by atoms with van der Waals surface area (Å²) in [6.07, 6.45) is 0. The Balaban J connectivity index is 2.17. The molecule has 2 N–H and O–H groups in total. The molecule has 3 aromatic rings. The third-order valence-corrected chi connectivity index (χ3v) is 3.18. The van der Waals surface area contributed by atoms with E-state index in [4.69, 9.17) is 17.3 Å². The highest BCUT2D eigenvalue weighted by Gasteiger charge is 2.15. The third kappa shape index (κ3) is 2.43. The van der Waals surface area contributed by atoms with E-state index in [2.05, 4.69) is 15.5 Å². The van der Waals surface area contributed by atoms with Gasteiger partial charge in [-0.2, -0.15) is 4.68 Å². The Morgan fingerprint density at radius 1 is 1.10 bits per heavy atom. The lowest BCUT2D eigenvalue weighted by Gasteiger charge is -2.07. The summed E-state index contributed by atoms with van der Waals surface area (Å²) < 4.78 is 28.2. The van der Waals surface area contributed by atoms with E-state index in [1.165, 1.54) is 35.0 Å². The molecular weight excluding hydrogens is 300 g/mol. The van der Waals surface area contributed by atoms with Gasteiger partial charge in [-0.25, -0.2) is 8.78 Å². The molecule has 0 unspecified atom stereocenters. The molecule has 0 aliphatic carbocycles. The van der Waals surface area contributed by atoms with Crippen LogP contribution in [-0.2, 0) is 0 Å². The zero-order valence-corrected chi connectivity index (χ0v) is 11.2. The van der Waals surface area contributed by atoms with Crippen LogP contribution in [0, 0.1) is 11.6 Å². The number of rotatable bonds is 2. The van der Waals surface area contributed by atoms with Crippen molar-refractivity contribution in [2.24, 2.45) is 0 Å². The maximum absolute atomic E-state index is 13.6. The van der Waals surface area contributed by atoms with Crippen molar-refractivity contribution in [1.29, 1.82) is 0 Å². The van der Waals surface area contributed by atoms with Gasteiger partial charge in [0.25, 0.3) is 0 Å². The van der Waals surface area contributed by atoms with Crippen molar-refractivity contribution >= 4 is 17.3 Å². The fourth-order valence-corrected chi connectivity index (χ4v) is 1.99. The van der Waals surface area contributed by atoms with E-state index in [0.29, 0.717) is 16.9 Å². The summed E-state index contributed by atoms with van der Waals surface area (Å²) in [6.45, 7) is 0. The molecule has 0 aliphatic heterocycles. The summed E-state index contributed by atoms with van der Waals surface area (Å²) >= 11 is 5.64. The number of hydrogen-bond acceptors (Lipinski definition) is 4. The molecule has 0 saturated carbocycles. The zero-order valence-electron chi connectivity index (χ0n) is 10.5. The van der Waals surface area contributed by atoms with Gasteiger partial charge >= 0.3 is 0 Å². The van der Waals surface area contributed by atoms with Crippen LogP contribution in [0.5, 0.6) is 0 Å². The molecule has 1 aromatic heterocycles. The van der Waals surface area contributed by atoms with Crippen molar-refractivity contribution in [1.82, 2.24) is 20.2 Å². The molecule has 0 radical (unpaired) electrons. The zero-order chi connectivity index (χ0) is 15.0. The molecule has 2 aromatic carbocycles. The van der Waals surface area contributed by atoms with E-state index < -0.39 is 11.6 Å². The van der Waals surface area contributed by atoms with E-state index in [1.54, 1.807) is 6.07 Å². The van der Waals surface area contributed by atoms with Gasteiger partial charge < -0.3 is 5.73 Å². The highest BCUT2D eigenvalue weighted by atomic mass is 35.5. The van der Waals surface area contributed by atoms with Crippen molar-refractivity contribution in [3.05, 3.63) is 53.1 Å². The summed E-state index contributed by atoms with van der Waals surface area (Å²) in [4.78, 5) is 0. The summed E-state index contributed by atoms with van der Waals surface area (Å²) in [5.41, 5.74) is 6.78. The van der Waals surface area contributed by atoms with E-state index in [9.17, 15) is 8.78 Å². The predicted molar refractivity (Wildman–Crippen MR) is 73.9 cm³/mol. The van der Waals surface area contributed by atoms with Gasteiger partial charge in [0.05, 0.1) is 10.7 Å². The number of benzene rings is 2. The van der Waals surface area contributed by atoms with Gasteiger partial charge in [-0.1, -0.05) is 11.6 Å². The van der Waals surface area contributed by atoms with Crippen molar-refractivity contribution in [2.45, 2.75) is 0 Å². The van der Waals surface area contributed by atoms with Gasteiger partial charge in [0.15, 0.2) is 5.82 Å². The highest BCUT2D eigenvalue weighted by Crippen LogP contribution is 2.27. The number of hydrogen-bond donors (Lipinski definition) is 1. The molecule has 0 atom stereocenters. The molecule has 0 aliphatic rings. The molecule has 0 spiro atoms. The maximum Gasteiger partial charge on any atom is 0.189 e. The number of nitrogen functional groups attached to an aromatic ring is 1. The van der Waals surface area contributed by atoms with Gasteiger partial charge in [-0.05, 0) is 40.8 Å². The molecule has 0 amide bonds. The van der Waals surface area contributed by atoms with Crippen molar-refractivity contribution in [2.75, 3.05) is 5.73 Å². The molecule has 0 fully saturated rings. The minimum Gasteiger partial charge on any atom is -0.398 e. The topological polar surface area (TPSA) is 69.6 Å². The normalized spacial score (nSPS) is 10.8. The Morgan fingerprint density at radius 3 is 2.67 bits per heavy atom. The Bertz CT molecular complexity index is 818. The van der Waals surface area contributed by atoms with Gasteiger partial charge in [-0.3, -0.25) is 0 Å². The van der Waals surface area contributed by atoms with Gasteiger partial charge in [-0.15, -0.1) is 5.10 Å². The SMILES string of the molecule is Nc1ccc(F)cc1-c1nnnn1-c1ccc(Cl)c(F)c1. The Morgan fingerprint density at radius 2 is 1.90 bits per heavy atom. The van der Waals surface area contributed by atoms with Crippen LogP contribution >= 0.6 is 11.6 Å². The van der Waals surface area contributed by atoms with Crippen molar-refractivity contribution < 1.29 is 8.78 Å². The number of nitrogens with zero attached hydrogens (tertiary/aromatic N) is 4. The molecular formula is C13H8ClF2N5. The first-order chi connectivity index (χ1) is 10.1. The highest BCUT2D eigenvalue weighted by molar-refractivity contribution is 6.30.